The van der Waals surface area contributed by atoms with Crippen LogP contribution in [0.2, 0.25) is 0 Å². The summed E-state index contributed by atoms with van der Waals surface area (Å²) in [7, 11) is -0.339. The van der Waals surface area contributed by atoms with Gasteiger partial charge in [-0.1, -0.05) is 13.0 Å². The minimum Gasteiger partial charge on any atom is -0.352 e. The Bertz CT molecular complexity index is 113. The van der Waals surface area contributed by atoms with Crippen molar-refractivity contribution < 1.29 is 9.42 Å². The SMILES string of the molecule is C=CCC.OPOC1CCNCC1. The quantitative estimate of drug-likeness (QED) is 0.545. The molecular weight excluding hydrogens is 185 g/mol. The van der Waals surface area contributed by atoms with Crippen LogP contribution in [0.1, 0.15) is 26.2 Å². The summed E-state index contributed by atoms with van der Waals surface area (Å²) in [4.78, 5) is 8.40. The van der Waals surface area contributed by atoms with Gasteiger partial charge in [0.05, 0.1) is 6.10 Å². The first-order valence-electron chi connectivity index (χ1n) is 4.71. The van der Waals surface area contributed by atoms with Gasteiger partial charge in [-0.15, -0.1) is 6.58 Å². The predicted molar refractivity (Wildman–Crippen MR) is 58.0 cm³/mol. The lowest BCUT2D eigenvalue weighted by atomic mass is 10.1. The molecule has 0 aromatic rings. The predicted octanol–water partition coefficient (Wildman–Crippen LogP) is 1.84. The lowest BCUT2D eigenvalue weighted by Gasteiger charge is -2.20. The van der Waals surface area contributed by atoms with Crippen LogP contribution in [0, 0.1) is 0 Å². The highest BCUT2D eigenvalue weighted by Crippen LogP contribution is 2.15. The van der Waals surface area contributed by atoms with E-state index in [-0.39, 0.29) is 9.03 Å². The molecule has 13 heavy (non-hydrogen) atoms. The summed E-state index contributed by atoms with van der Waals surface area (Å²) in [5, 5.41) is 3.21. The molecule has 78 valence electrons. The Kier molecular flexibility index (Phi) is 10.2. The molecule has 2 N–H and O–H groups in total. The second-order valence-electron chi connectivity index (χ2n) is 2.86. The standard InChI is InChI=1S/C5H12NO2P.C4H8/c7-9-8-5-1-3-6-4-2-5;1-3-4-2/h5-7,9H,1-4H2;3H,1,4H2,2H3. The highest BCUT2D eigenvalue weighted by molar-refractivity contribution is 7.25. The van der Waals surface area contributed by atoms with E-state index in [1.807, 2.05) is 6.08 Å². The number of allylic oxidation sites excluding steroid dienone is 1. The van der Waals surface area contributed by atoms with Crippen LogP contribution in [0.25, 0.3) is 0 Å². The molecule has 1 heterocycles. The first kappa shape index (κ1) is 13.1. The fourth-order valence-corrected chi connectivity index (χ4v) is 1.37. The first-order chi connectivity index (χ1) is 6.35. The third kappa shape index (κ3) is 8.38. The number of hydrogen-bond acceptors (Lipinski definition) is 3. The topological polar surface area (TPSA) is 41.5 Å². The Balaban J connectivity index is 0.000000310. The molecule has 0 aliphatic carbocycles. The largest absolute Gasteiger partial charge is 0.352 e. The van der Waals surface area contributed by atoms with Gasteiger partial charge in [-0.25, -0.2) is 0 Å². The van der Waals surface area contributed by atoms with E-state index in [0.29, 0.717) is 6.10 Å². The van der Waals surface area contributed by atoms with E-state index in [4.69, 9.17) is 9.42 Å². The first-order valence-corrected chi connectivity index (χ1v) is 5.57. The zero-order chi connectivity index (χ0) is 9.94. The number of hydrogen-bond donors (Lipinski definition) is 2. The van der Waals surface area contributed by atoms with E-state index in [0.717, 1.165) is 32.4 Å². The molecule has 4 heteroatoms. The summed E-state index contributed by atoms with van der Waals surface area (Å²) >= 11 is 0. The number of rotatable bonds is 3. The van der Waals surface area contributed by atoms with Crippen LogP contribution in [0.5, 0.6) is 0 Å². The minimum absolute atomic E-state index is 0.301. The van der Waals surface area contributed by atoms with Crippen molar-refractivity contribution in [3.8, 4) is 0 Å². The molecule has 1 rings (SSSR count). The molecular formula is C9H20NO2P. The Labute approximate surface area is 82.5 Å². The lowest BCUT2D eigenvalue weighted by molar-refractivity contribution is 0.172. The molecule has 0 spiro atoms. The molecule has 1 unspecified atom stereocenters. The second kappa shape index (κ2) is 10.1. The third-order valence-electron chi connectivity index (χ3n) is 1.79. The van der Waals surface area contributed by atoms with Gasteiger partial charge in [0.15, 0.2) is 9.03 Å². The summed E-state index contributed by atoms with van der Waals surface area (Å²) < 4.78 is 5.03. The maximum absolute atomic E-state index is 8.40. The summed E-state index contributed by atoms with van der Waals surface area (Å²) in [6.45, 7) is 7.59. The Morgan fingerprint density at radius 3 is 2.54 bits per heavy atom. The molecule has 0 amide bonds. The van der Waals surface area contributed by atoms with Gasteiger partial charge >= 0.3 is 0 Å². The molecule has 0 radical (unpaired) electrons. The van der Waals surface area contributed by atoms with Crippen LogP contribution in [0.4, 0.5) is 0 Å². The minimum atomic E-state index is -0.339. The fraction of sp³-hybridized carbons (Fsp3) is 0.778. The molecule has 0 bridgehead atoms. The monoisotopic (exact) mass is 205 g/mol. The van der Waals surface area contributed by atoms with Gasteiger partial charge in [-0.05, 0) is 32.4 Å². The van der Waals surface area contributed by atoms with Crippen molar-refractivity contribution in [1.29, 1.82) is 0 Å². The van der Waals surface area contributed by atoms with Crippen LogP contribution < -0.4 is 5.32 Å². The average Bonchev–Trinajstić information content (AvgIpc) is 2.20. The van der Waals surface area contributed by atoms with Crippen molar-refractivity contribution in [2.75, 3.05) is 13.1 Å². The van der Waals surface area contributed by atoms with Crippen LogP contribution in [0.3, 0.4) is 0 Å². The van der Waals surface area contributed by atoms with Gasteiger partial charge in [0.1, 0.15) is 0 Å². The smallest absolute Gasteiger partial charge is 0.152 e. The van der Waals surface area contributed by atoms with E-state index in [2.05, 4.69) is 18.8 Å². The molecule has 0 aromatic carbocycles. The van der Waals surface area contributed by atoms with E-state index in [9.17, 15) is 0 Å². The Hall–Kier alpha value is 0.0500. The fourth-order valence-electron chi connectivity index (χ4n) is 0.988. The molecule has 0 aromatic heterocycles. The van der Waals surface area contributed by atoms with E-state index in [1.54, 1.807) is 0 Å². The molecule has 0 saturated carbocycles. The second-order valence-corrected chi connectivity index (χ2v) is 3.27. The third-order valence-corrected chi connectivity index (χ3v) is 2.23. The van der Waals surface area contributed by atoms with Crippen molar-refractivity contribution in [3.63, 3.8) is 0 Å². The van der Waals surface area contributed by atoms with Gasteiger partial charge in [0, 0.05) is 0 Å². The van der Waals surface area contributed by atoms with Crippen LogP contribution in [-0.4, -0.2) is 24.1 Å². The molecule has 3 nitrogen and oxygen atoms in total. The van der Waals surface area contributed by atoms with Crippen molar-refractivity contribution in [1.82, 2.24) is 5.32 Å². The molecule has 1 aliphatic heterocycles. The average molecular weight is 205 g/mol. The van der Waals surface area contributed by atoms with E-state index >= 15 is 0 Å². The summed E-state index contributed by atoms with van der Waals surface area (Å²) in [6.07, 6.45) is 5.33. The van der Waals surface area contributed by atoms with Crippen LogP contribution in [0.15, 0.2) is 12.7 Å². The van der Waals surface area contributed by atoms with Crippen molar-refractivity contribution in [2.45, 2.75) is 32.3 Å². The molecule has 1 saturated heterocycles. The Morgan fingerprint density at radius 1 is 1.62 bits per heavy atom. The van der Waals surface area contributed by atoms with E-state index < -0.39 is 0 Å². The number of nitrogens with one attached hydrogen (secondary N) is 1. The Morgan fingerprint density at radius 2 is 2.15 bits per heavy atom. The molecule has 1 fully saturated rings. The van der Waals surface area contributed by atoms with Crippen molar-refractivity contribution in [3.05, 3.63) is 12.7 Å². The van der Waals surface area contributed by atoms with Gasteiger partial charge < -0.3 is 14.7 Å². The molecule has 1 atom stereocenters. The summed E-state index contributed by atoms with van der Waals surface area (Å²) in [5.41, 5.74) is 0. The van der Waals surface area contributed by atoms with Gasteiger partial charge in [-0.3, -0.25) is 0 Å². The lowest BCUT2D eigenvalue weighted by Crippen LogP contribution is -2.31. The normalized spacial score (nSPS) is 18.3. The maximum Gasteiger partial charge on any atom is 0.152 e. The zero-order valence-electron chi connectivity index (χ0n) is 8.25. The van der Waals surface area contributed by atoms with Gasteiger partial charge in [0.25, 0.3) is 0 Å². The van der Waals surface area contributed by atoms with Crippen LogP contribution in [-0.2, 0) is 4.52 Å². The highest BCUT2D eigenvalue weighted by Gasteiger charge is 2.11. The summed E-state index contributed by atoms with van der Waals surface area (Å²) in [6, 6.07) is 0. The highest BCUT2D eigenvalue weighted by atomic mass is 31.1. The van der Waals surface area contributed by atoms with Gasteiger partial charge in [0.2, 0.25) is 0 Å². The summed E-state index contributed by atoms with van der Waals surface area (Å²) in [5.74, 6) is 0. The van der Waals surface area contributed by atoms with Crippen LogP contribution >= 0.6 is 9.03 Å². The van der Waals surface area contributed by atoms with Gasteiger partial charge in [-0.2, -0.15) is 0 Å². The van der Waals surface area contributed by atoms with Crippen molar-refractivity contribution >= 4 is 9.03 Å². The van der Waals surface area contributed by atoms with Crippen molar-refractivity contribution in [2.24, 2.45) is 0 Å². The number of piperidine rings is 1. The zero-order valence-corrected chi connectivity index (χ0v) is 9.25. The molecule has 1 aliphatic rings. The maximum atomic E-state index is 8.40. The van der Waals surface area contributed by atoms with E-state index in [1.165, 1.54) is 0 Å².